The second-order valence-corrected chi connectivity index (χ2v) is 8.36. The van der Waals surface area contributed by atoms with Crippen molar-refractivity contribution in [1.82, 2.24) is 29.9 Å². The minimum absolute atomic E-state index is 0.115. The number of halogens is 9. The van der Waals surface area contributed by atoms with Gasteiger partial charge in [0, 0.05) is 18.1 Å². The summed E-state index contributed by atoms with van der Waals surface area (Å²) < 4.78 is 106. The van der Waals surface area contributed by atoms with Gasteiger partial charge in [0.05, 0.1) is 22.5 Å². The number of hydrogen-bond donors (Lipinski definition) is 4. The molecule has 1 unspecified atom stereocenters. The Hall–Kier alpha value is -5.17. The first-order chi connectivity index (χ1) is 20.2. The molecule has 0 bridgehead atoms. The molecular weight excluding hydrogens is 623 g/mol. The molecule has 0 aliphatic carbocycles. The molecule has 1 amide bonds. The van der Waals surface area contributed by atoms with Crippen LogP contribution < -0.4 is 5.32 Å². The number of aromatic nitrogens is 5. The van der Waals surface area contributed by atoms with E-state index in [4.69, 9.17) is 19.8 Å². The number of amides is 1. The van der Waals surface area contributed by atoms with Crippen LogP contribution in [0.2, 0.25) is 0 Å². The first-order valence-electron chi connectivity index (χ1n) is 11.5. The Bertz CT molecular complexity index is 1570. The summed E-state index contributed by atoms with van der Waals surface area (Å²) in [7, 11) is 0. The third-order valence-corrected chi connectivity index (χ3v) is 5.19. The van der Waals surface area contributed by atoms with E-state index in [9.17, 15) is 44.3 Å². The molecule has 4 aromatic heterocycles. The van der Waals surface area contributed by atoms with Crippen LogP contribution in [-0.4, -0.2) is 71.2 Å². The minimum atomic E-state index is -5.08. The largest absolute Gasteiger partial charge is 0.490 e. The second kappa shape index (κ2) is 13.4. The SMILES string of the molecule is Cc1n[nH]c(C)c1-c1nc(C(=O)NC(c2ccccn2)C(F)(F)F)c2ccccn12.O=C(O)C(F)(F)F.O=C(O)C(F)(F)F. The average Bonchev–Trinajstić information content (AvgIpc) is 3.45. The highest BCUT2D eigenvalue weighted by Gasteiger charge is 2.43. The van der Waals surface area contributed by atoms with Crippen molar-refractivity contribution >= 4 is 23.4 Å². The van der Waals surface area contributed by atoms with Gasteiger partial charge in [-0.2, -0.15) is 44.6 Å². The Morgan fingerprint density at radius 2 is 1.43 bits per heavy atom. The van der Waals surface area contributed by atoms with E-state index in [0.29, 0.717) is 22.6 Å². The number of nitrogens with zero attached hydrogens (tertiary/aromatic N) is 4. The van der Waals surface area contributed by atoms with Crippen molar-refractivity contribution in [1.29, 1.82) is 0 Å². The molecule has 0 aliphatic rings. The van der Waals surface area contributed by atoms with E-state index >= 15 is 0 Å². The molecule has 44 heavy (non-hydrogen) atoms. The van der Waals surface area contributed by atoms with Crippen LogP contribution in [0.25, 0.3) is 16.9 Å². The van der Waals surface area contributed by atoms with Crippen LogP contribution in [-0.2, 0) is 9.59 Å². The van der Waals surface area contributed by atoms with E-state index in [-0.39, 0.29) is 11.4 Å². The first-order valence-corrected chi connectivity index (χ1v) is 11.5. The van der Waals surface area contributed by atoms with Crippen molar-refractivity contribution in [3.8, 4) is 11.4 Å². The number of carbonyl (C=O) groups is 3. The molecule has 0 saturated carbocycles. The zero-order valence-corrected chi connectivity index (χ0v) is 22.0. The van der Waals surface area contributed by atoms with Gasteiger partial charge in [-0.05, 0) is 38.1 Å². The lowest BCUT2D eigenvalue weighted by Crippen LogP contribution is -2.38. The zero-order chi connectivity index (χ0) is 33.6. The van der Waals surface area contributed by atoms with Crippen molar-refractivity contribution < 1.29 is 64.1 Å². The normalized spacial score (nSPS) is 12.3. The number of carboxylic acids is 2. The van der Waals surface area contributed by atoms with Gasteiger partial charge in [0.25, 0.3) is 5.91 Å². The van der Waals surface area contributed by atoms with Gasteiger partial charge in [0.2, 0.25) is 0 Å². The molecule has 11 nitrogen and oxygen atoms in total. The van der Waals surface area contributed by atoms with Crippen molar-refractivity contribution in [2.75, 3.05) is 0 Å². The molecule has 1 atom stereocenters. The molecule has 0 fully saturated rings. The van der Waals surface area contributed by atoms with Crippen LogP contribution in [0.1, 0.15) is 33.6 Å². The number of aryl methyl sites for hydroxylation is 2. The van der Waals surface area contributed by atoms with E-state index in [0.717, 1.165) is 5.69 Å². The quantitative estimate of drug-likeness (QED) is 0.225. The van der Waals surface area contributed by atoms with Gasteiger partial charge in [0.15, 0.2) is 11.7 Å². The number of pyridine rings is 2. The lowest BCUT2D eigenvalue weighted by Gasteiger charge is -2.20. The number of fused-ring (bicyclic) bond motifs is 1. The molecule has 4 rings (SSSR count). The predicted octanol–water partition coefficient (Wildman–Crippen LogP) is 5.04. The van der Waals surface area contributed by atoms with Gasteiger partial charge < -0.3 is 15.5 Å². The smallest absolute Gasteiger partial charge is 0.475 e. The fraction of sp³-hybridized carbons (Fsp3) is 0.250. The molecule has 4 aromatic rings. The van der Waals surface area contributed by atoms with Crippen molar-refractivity contribution in [2.24, 2.45) is 0 Å². The highest BCUT2D eigenvalue weighted by Crippen LogP contribution is 2.33. The van der Waals surface area contributed by atoms with E-state index in [1.165, 1.54) is 24.4 Å². The molecule has 4 heterocycles. The highest BCUT2D eigenvalue weighted by atomic mass is 19.4. The molecule has 0 saturated heterocycles. The number of rotatable bonds is 4. The van der Waals surface area contributed by atoms with Crippen LogP contribution in [0, 0.1) is 13.8 Å². The van der Waals surface area contributed by atoms with Crippen molar-refractivity contribution in [3.05, 3.63) is 71.6 Å². The topological polar surface area (TPSA) is 163 Å². The number of aliphatic carboxylic acids is 2. The predicted molar refractivity (Wildman–Crippen MR) is 130 cm³/mol. The molecule has 0 radical (unpaired) electrons. The molecule has 0 spiro atoms. The molecule has 4 N–H and O–H groups in total. The Kier molecular flexibility index (Phi) is 10.7. The monoisotopic (exact) mass is 642 g/mol. The number of hydrogen-bond acceptors (Lipinski definition) is 6. The van der Waals surface area contributed by atoms with Crippen LogP contribution in [0.3, 0.4) is 0 Å². The lowest BCUT2D eigenvalue weighted by molar-refractivity contribution is -0.193. The van der Waals surface area contributed by atoms with Gasteiger partial charge in [-0.3, -0.25) is 19.3 Å². The van der Waals surface area contributed by atoms with E-state index < -0.39 is 42.4 Å². The number of alkyl halides is 9. The molecular formula is C24H19F9N6O5. The fourth-order valence-electron chi connectivity index (χ4n) is 3.33. The third kappa shape index (κ3) is 8.91. The summed E-state index contributed by atoms with van der Waals surface area (Å²) in [5, 5.41) is 23.3. The summed E-state index contributed by atoms with van der Waals surface area (Å²) in [5.74, 6) is -6.04. The maximum atomic E-state index is 13.6. The Morgan fingerprint density at radius 3 is 1.86 bits per heavy atom. The maximum absolute atomic E-state index is 13.6. The number of carbonyl (C=O) groups excluding carboxylic acids is 1. The summed E-state index contributed by atoms with van der Waals surface area (Å²) in [5.41, 5.74) is 2.05. The van der Waals surface area contributed by atoms with Gasteiger partial charge in [0.1, 0.15) is 5.82 Å². The van der Waals surface area contributed by atoms with Gasteiger partial charge in [-0.1, -0.05) is 12.1 Å². The molecule has 238 valence electrons. The van der Waals surface area contributed by atoms with E-state index in [1.807, 2.05) is 5.32 Å². The van der Waals surface area contributed by atoms with Crippen LogP contribution in [0.5, 0.6) is 0 Å². The zero-order valence-electron chi connectivity index (χ0n) is 22.0. The summed E-state index contributed by atoms with van der Waals surface area (Å²) in [6, 6.07) is 6.95. The molecule has 20 heteroatoms. The standard InChI is InChI=1S/C20H17F3N6O.2C2HF3O2/c1-11-15(12(2)28-27-11)18-25-16(14-8-4-6-10-29(14)18)19(30)26-17(20(21,22)23)13-7-3-5-9-24-13;2*3-2(4,5)1(6)7/h3-10,17H,1-2H3,(H,26,30)(H,27,28);2*(H,6,7). The van der Waals surface area contributed by atoms with Crippen molar-refractivity contribution in [2.45, 2.75) is 38.4 Å². The summed E-state index contributed by atoms with van der Waals surface area (Å²) >= 11 is 0. The lowest BCUT2D eigenvalue weighted by atomic mass is 10.1. The summed E-state index contributed by atoms with van der Waals surface area (Å²) in [6.45, 7) is 3.59. The molecule has 0 aromatic carbocycles. The number of H-pyrrole nitrogens is 1. The number of aromatic amines is 1. The number of nitrogens with one attached hydrogen (secondary N) is 2. The Morgan fingerprint density at radius 1 is 0.886 bits per heavy atom. The highest BCUT2D eigenvalue weighted by molar-refractivity contribution is 6.00. The van der Waals surface area contributed by atoms with E-state index in [2.05, 4.69) is 20.2 Å². The van der Waals surface area contributed by atoms with E-state index in [1.54, 1.807) is 42.6 Å². The minimum Gasteiger partial charge on any atom is -0.475 e. The van der Waals surface area contributed by atoms with Gasteiger partial charge >= 0.3 is 30.5 Å². The van der Waals surface area contributed by atoms with Gasteiger partial charge in [-0.15, -0.1) is 0 Å². The van der Waals surface area contributed by atoms with Crippen LogP contribution >= 0.6 is 0 Å². The summed E-state index contributed by atoms with van der Waals surface area (Å²) in [6.07, 6.45) is -11.9. The maximum Gasteiger partial charge on any atom is 0.490 e. The number of imidazole rings is 1. The fourth-order valence-corrected chi connectivity index (χ4v) is 3.33. The Labute approximate surface area is 239 Å². The van der Waals surface area contributed by atoms with Crippen molar-refractivity contribution in [3.63, 3.8) is 0 Å². The number of carboxylic acid groups (broad SMARTS) is 2. The summed E-state index contributed by atoms with van der Waals surface area (Å²) in [4.78, 5) is 38.8. The molecule has 0 aliphatic heterocycles. The van der Waals surface area contributed by atoms with Gasteiger partial charge in [-0.25, -0.2) is 14.6 Å². The first kappa shape index (κ1) is 35.0. The second-order valence-electron chi connectivity index (χ2n) is 8.36. The third-order valence-electron chi connectivity index (χ3n) is 5.19. The van der Waals surface area contributed by atoms with Crippen LogP contribution in [0.4, 0.5) is 39.5 Å². The Balaban J connectivity index is 0.000000402. The average molecular weight is 642 g/mol. The van der Waals surface area contributed by atoms with Crippen LogP contribution in [0.15, 0.2) is 48.8 Å².